The molecule has 2 rings (SSSR count). The Morgan fingerprint density at radius 3 is 2.68 bits per heavy atom. The monoisotopic (exact) mass is 349 g/mol. The van der Waals surface area contributed by atoms with Crippen LogP contribution in [-0.4, -0.2) is 32.5 Å². The lowest BCUT2D eigenvalue weighted by molar-refractivity contribution is -0.385. The molecule has 0 radical (unpaired) electrons. The van der Waals surface area contributed by atoms with Crippen LogP contribution in [0.5, 0.6) is 0 Å². The van der Waals surface area contributed by atoms with E-state index in [0.717, 1.165) is 19.2 Å². The molecule has 0 spiro atoms. The Morgan fingerprint density at radius 1 is 1.41 bits per heavy atom. The predicted molar refractivity (Wildman–Crippen MR) is 85.8 cm³/mol. The van der Waals surface area contributed by atoms with Gasteiger partial charge < -0.3 is 5.32 Å². The minimum Gasteiger partial charge on any atom is -0.316 e. The number of nitro groups is 1. The number of benzene rings is 1. The molecule has 124 valence electrons. The average molecular weight is 350 g/mol. The highest BCUT2D eigenvalue weighted by Gasteiger charge is 2.28. The molecule has 1 saturated heterocycles. The molecule has 2 unspecified atom stereocenters. The Morgan fingerprint density at radius 2 is 2.09 bits per heavy atom. The summed E-state index contributed by atoms with van der Waals surface area (Å²) in [5.41, 5.74) is 0.272. The van der Waals surface area contributed by atoms with Crippen molar-refractivity contribution in [2.45, 2.75) is 31.2 Å². The van der Waals surface area contributed by atoms with Crippen molar-refractivity contribution in [2.24, 2.45) is 5.92 Å². The molecule has 0 saturated carbocycles. The van der Waals surface area contributed by atoms with E-state index in [1.54, 1.807) is 6.92 Å². The lowest BCUT2D eigenvalue weighted by atomic mass is 9.97. The molecule has 2 N–H and O–H groups in total. The van der Waals surface area contributed by atoms with Gasteiger partial charge in [-0.2, -0.15) is 0 Å². The molecule has 1 fully saturated rings. The fourth-order valence-electron chi connectivity index (χ4n) is 2.44. The van der Waals surface area contributed by atoms with Crippen LogP contribution in [0.25, 0.3) is 0 Å². The number of hydrogen-bond donors (Lipinski definition) is 2. The van der Waals surface area contributed by atoms with Crippen LogP contribution in [0.4, 0.5) is 5.69 Å². The zero-order valence-electron chi connectivity index (χ0n) is 12.4. The van der Waals surface area contributed by atoms with Gasteiger partial charge in [0.05, 0.1) is 9.82 Å². The molecule has 1 aromatic carbocycles. The molecule has 9 heteroatoms. The van der Waals surface area contributed by atoms with Crippen LogP contribution in [0.1, 0.15) is 18.9 Å². The van der Waals surface area contributed by atoms with Crippen LogP contribution in [-0.2, 0) is 10.0 Å². The second-order valence-corrected chi connectivity index (χ2v) is 7.09. The van der Waals surface area contributed by atoms with Crippen molar-refractivity contribution >= 4 is 28.1 Å². The highest BCUT2D eigenvalue weighted by Crippen LogP contribution is 2.23. The molecule has 0 aliphatic carbocycles. The first-order valence-corrected chi connectivity index (χ1v) is 8.27. The number of non-ortho nitro benzene ring substituents is 1. The second kappa shape index (κ2) is 7.36. The van der Waals surface area contributed by atoms with Crippen LogP contribution < -0.4 is 10.0 Å². The summed E-state index contributed by atoms with van der Waals surface area (Å²) in [6.45, 7) is 5.11. The molecule has 0 bridgehead atoms. The van der Waals surface area contributed by atoms with Gasteiger partial charge in [0.25, 0.3) is 5.69 Å². The van der Waals surface area contributed by atoms with E-state index in [1.165, 1.54) is 12.1 Å². The van der Waals surface area contributed by atoms with Crippen LogP contribution in [0.3, 0.4) is 0 Å². The number of rotatable bonds is 4. The Bertz CT molecular complexity index is 651. The number of hydrogen-bond acceptors (Lipinski definition) is 5. The zero-order chi connectivity index (χ0) is 15.6. The Labute approximate surface area is 136 Å². The van der Waals surface area contributed by atoms with Gasteiger partial charge in [-0.1, -0.05) is 13.0 Å². The van der Waals surface area contributed by atoms with E-state index >= 15 is 0 Å². The van der Waals surface area contributed by atoms with Crippen LogP contribution in [0, 0.1) is 23.0 Å². The standard InChI is InChI=1S/C13H19N3O4S.ClH/c1-9-3-4-11(16(17)18)7-13(9)21(19,20)15-12-5-6-14-8-10(12)2;/h3-4,7,10,12,14-15H,5-6,8H2,1-2H3;1H. The largest absolute Gasteiger partial charge is 0.316 e. The maximum Gasteiger partial charge on any atom is 0.270 e. The molecular formula is C13H20ClN3O4S. The number of halogens is 1. The first kappa shape index (κ1) is 18.8. The average Bonchev–Trinajstić information content (AvgIpc) is 2.41. The van der Waals surface area contributed by atoms with Crippen molar-refractivity contribution in [3.8, 4) is 0 Å². The molecule has 1 aliphatic rings. The third kappa shape index (κ3) is 4.16. The highest BCUT2D eigenvalue weighted by atomic mass is 35.5. The third-order valence-corrected chi connectivity index (χ3v) is 5.40. The summed E-state index contributed by atoms with van der Waals surface area (Å²) >= 11 is 0. The lowest BCUT2D eigenvalue weighted by Gasteiger charge is -2.30. The van der Waals surface area contributed by atoms with Crippen molar-refractivity contribution < 1.29 is 13.3 Å². The Kier molecular flexibility index (Phi) is 6.30. The van der Waals surface area contributed by atoms with Crippen molar-refractivity contribution in [1.82, 2.24) is 10.0 Å². The van der Waals surface area contributed by atoms with Crippen molar-refractivity contribution in [3.05, 3.63) is 33.9 Å². The summed E-state index contributed by atoms with van der Waals surface area (Å²) < 4.78 is 27.7. The normalized spacial score (nSPS) is 21.9. The van der Waals surface area contributed by atoms with Crippen LogP contribution in [0.15, 0.2) is 23.1 Å². The number of nitro benzene ring substituents is 1. The lowest BCUT2D eigenvalue weighted by Crippen LogP contribution is -2.48. The molecule has 22 heavy (non-hydrogen) atoms. The number of nitrogens with one attached hydrogen (secondary N) is 2. The Balaban J connectivity index is 0.00000242. The minimum absolute atomic E-state index is 0. The van der Waals surface area contributed by atoms with Gasteiger partial charge in [0, 0.05) is 18.2 Å². The van der Waals surface area contributed by atoms with E-state index in [9.17, 15) is 18.5 Å². The van der Waals surface area contributed by atoms with Crippen molar-refractivity contribution in [1.29, 1.82) is 0 Å². The van der Waals surface area contributed by atoms with E-state index in [0.29, 0.717) is 12.0 Å². The van der Waals surface area contributed by atoms with Gasteiger partial charge in [-0.25, -0.2) is 13.1 Å². The second-order valence-electron chi connectivity index (χ2n) is 5.40. The third-order valence-electron chi connectivity index (χ3n) is 3.76. The zero-order valence-corrected chi connectivity index (χ0v) is 14.0. The van der Waals surface area contributed by atoms with E-state index < -0.39 is 14.9 Å². The molecule has 0 aromatic heterocycles. The van der Waals surface area contributed by atoms with E-state index in [1.807, 2.05) is 6.92 Å². The predicted octanol–water partition coefficient (Wildman–Crippen LogP) is 1.60. The summed E-state index contributed by atoms with van der Waals surface area (Å²) in [5, 5.41) is 14.0. The van der Waals surface area contributed by atoms with Gasteiger partial charge >= 0.3 is 0 Å². The quantitative estimate of drug-likeness (QED) is 0.635. The van der Waals surface area contributed by atoms with E-state index in [2.05, 4.69) is 10.0 Å². The molecule has 0 amide bonds. The SMILES string of the molecule is Cc1ccc([N+](=O)[O-])cc1S(=O)(=O)NC1CCNCC1C.Cl. The van der Waals surface area contributed by atoms with Crippen LogP contribution in [0.2, 0.25) is 0 Å². The van der Waals surface area contributed by atoms with Gasteiger partial charge in [0.2, 0.25) is 10.0 Å². The highest BCUT2D eigenvalue weighted by molar-refractivity contribution is 7.89. The summed E-state index contributed by atoms with van der Waals surface area (Å²) in [5.74, 6) is 0.174. The first-order chi connectivity index (χ1) is 9.81. The summed E-state index contributed by atoms with van der Waals surface area (Å²) in [7, 11) is -3.76. The minimum atomic E-state index is -3.76. The molecular weight excluding hydrogens is 330 g/mol. The smallest absolute Gasteiger partial charge is 0.270 e. The van der Waals surface area contributed by atoms with Crippen LogP contribution >= 0.6 is 12.4 Å². The number of nitrogens with zero attached hydrogens (tertiary/aromatic N) is 1. The molecule has 1 aliphatic heterocycles. The van der Waals surface area contributed by atoms with E-state index in [4.69, 9.17) is 0 Å². The maximum absolute atomic E-state index is 12.5. The number of sulfonamides is 1. The van der Waals surface area contributed by atoms with Gasteiger partial charge in [-0.3, -0.25) is 10.1 Å². The molecule has 7 nitrogen and oxygen atoms in total. The van der Waals surface area contributed by atoms with Gasteiger partial charge in [-0.15, -0.1) is 12.4 Å². The fraction of sp³-hybridized carbons (Fsp3) is 0.538. The fourth-order valence-corrected chi connectivity index (χ4v) is 4.09. The van der Waals surface area contributed by atoms with Crippen molar-refractivity contribution in [2.75, 3.05) is 13.1 Å². The van der Waals surface area contributed by atoms with E-state index in [-0.39, 0.29) is 34.9 Å². The first-order valence-electron chi connectivity index (χ1n) is 6.79. The summed E-state index contributed by atoms with van der Waals surface area (Å²) in [4.78, 5) is 10.2. The summed E-state index contributed by atoms with van der Waals surface area (Å²) in [6.07, 6.45) is 0.703. The molecule has 1 heterocycles. The topological polar surface area (TPSA) is 101 Å². The van der Waals surface area contributed by atoms with Gasteiger partial charge in [0.1, 0.15) is 0 Å². The summed E-state index contributed by atoms with van der Waals surface area (Å²) in [6, 6.07) is 3.72. The number of aryl methyl sites for hydroxylation is 1. The van der Waals surface area contributed by atoms with Gasteiger partial charge in [0.15, 0.2) is 0 Å². The number of piperidine rings is 1. The maximum atomic E-state index is 12.5. The molecule has 1 aromatic rings. The van der Waals surface area contributed by atoms with Crippen molar-refractivity contribution in [3.63, 3.8) is 0 Å². The molecule has 2 atom stereocenters. The van der Waals surface area contributed by atoms with Gasteiger partial charge in [-0.05, 0) is 37.9 Å². The Hall–Kier alpha value is -1.22.